The van der Waals surface area contributed by atoms with Crippen molar-refractivity contribution in [3.8, 4) is 22.8 Å². The molecule has 4 aromatic rings. The van der Waals surface area contributed by atoms with Gasteiger partial charge in [0.05, 0.1) is 25.7 Å². The highest BCUT2D eigenvalue weighted by Crippen LogP contribution is 2.33. The molecule has 2 N–H and O–H groups in total. The fourth-order valence-corrected chi connectivity index (χ4v) is 4.74. The standard InChI is InChI=1S/C27H25N3O4S2/c1-17-4-6-18(7-5-17)26(32)28-20-9-11-21(12-10-20)35-16-25(31)30-27-29-22(15-36-27)19-8-13-23(33-2)24(14-19)34-3/h4-15H,16H2,1-3H3,(H,28,32)(H,29,30,31). The van der Waals surface area contributed by atoms with Gasteiger partial charge in [0.25, 0.3) is 5.91 Å². The quantitative estimate of drug-likeness (QED) is 0.259. The lowest BCUT2D eigenvalue weighted by atomic mass is 10.1. The monoisotopic (exact) mass is 519 g/mol. The van der Waals surface area contributed by atoms with Crippen molar-refractivity contribution in [2.24, 2.45) is 0 Å². The second-order valence-corrected chi connectivity index (χ2v) is 9.70. The summed E-state index contributed by atoms with van der Waals surface area (Å²) in [6.07, 6.45) is 0. The van der Waals surface area contributed by atoms with Crippen LogP contribution in [0.25, 0.3) is 11.3 Å². The molecule has 7 nitrogen and oxygen atoms in total. The van der Waals surface area contributed by atoms with Crippen LogP contribution in [-0.2, 0) is 4.79 Å². The molecule has 2 amide bonds. The van der Waals surface area contributed by atoms with Gasteiger partial charge in [0.1, 0.15) is 0 Å². The summed E-state index contributed by atoms with van der Waals surface area (Å²) in [7, 11) is 3.17. The first kappa shape index (κ1) is 25.3. The van der Waals surface area contributed by atoms with Crippen LogP contribution in [0.1, 0.15) is 15.9 Å². The van der Waals surface area contributed by atoms with Gasteiger partial charge in [0.2, 0.25) is 5.91 Å². The Morgan fingerprint density at radius 2 is 1.64 bits per heavy atom. The molecule has 0 atom stereocenters. The molecule has 1 aromatic heterocycles. The van der Waals surface area contributed by atoms with Crippen LogP contribution in [0.5, 0.6) is 11.5 Å². The molecule has 0 aliphatic rings. The first-order valence-corrected chi connectivity index (χ1v) is 12.9. The summed E-state index contributed by atoms with van der Waals surface area (Å²) in [5.41, 5.74) is 4.01. The van der Waals surface area contributed by atoms with E-state index >= 15 is 0 Å². The summed E-state index contributed by atoms with van der Waals surface area (Å²) in [6, 6.07) is 20.4. The number of thioether (sulfide) groups is 1. The number of nitrogens with zero attached hydrogens (tertiary/aromatic N) is 1. The van der Waals surface area contributed by atoms with Crippen LogP contribution >= 0.6 is 23.1 Å². The number of hydrogen-bond acceptors (Lipinski definition) is 7. The topological polar surface area (TPSA) is 89.6 Å². The number of aromatic nitrogens is 1. The molecule has 0 aliphatic carbocycles. The van der Waals surface area contributed by atoms with Crippen molar-refractivity contribution in [1.29, 1.82) is 0 Å². The van der Waals surface area contributed by atoms with Crippen molar-refractivity contribution in [3.63, 3.8) is 0 Å². The molecule has 36 heavy (non-hydrogen) atoms. The molecule has 0 bridgehead atoms. The SMILES string of the molecule is COc1ccc(-c2csc(NC(=O)CSc3ccc(NC(=O)c4ccc(C)cc4)cc3)n2)cc1OC. The average Bonchev–Trinajstić information content (AvgIpc) is 3.36. The van der Waals surface area contributed by atoms with Crippen LogP contribution < -0.4 is 20.1 Å². The van der Waals surface area contributed by atoms with Gasteiger partial charge in [-0.25, -0.2) is 4.98 Å². The molecule has 184 valence electrons. The number of benzene rings is 3. The van der Waals surface area contributed by atoms with Crippen LogP contribution in [0.15, 0.2) is 77.0 Å². The van der Waals surface area contributed by atoms with E-state index in [4.69, 9.17) is 9.47 Å². The van der Waals surface area contributed by atoms with E-state index in [2.05, 4.69) is 15.6 Å². The number of carbonyl (C=O) groups is 2. The van der Waals surface area contributed by atoms with Crippen LogP contribution in [0.2, 0.25) is 0 Å². The predicted octanol–water partition coefficient (Wildman–Crippen LogP) is 6.12. The summed E-state index contributed by atoms with van der Waals surface area (Å²) < 4.78 is 10.6. The first-order valence-electron chi connectivity index (χ1n) is 11.0. The number of carbonyl (C=O) groups excluding carboxylic acids is 2. The summed E-state index contributed by atoms with van der Waals surface area (Å²) >= 11 is 2.77. The number of amides is 2. The third-order valence-electron chi connectivity index (χ3n) is 5.23. The van der Waals surface area contributed by atoms with Crippen molar-refractivity contribution in [2.75, 3.05) is 30.6 Å². The van der Waals surface area contributed by atoms with Crippen molar-refractivity contribution in [3.05, 3.63) is 83.2 Å². The Morgan fingerprint density at radius 1 is 0.917 bits per heavy atom. The van der Waals surface area contributed by atoms with E-state index in [0.717, 1.165) is 21.7 Å². The molecular formula is C27H25N3O4S2. The second-order valence-electron chi connectivity index (χ2n) is 7.79. The smallest absolute Gasteiger partial charge is 0.255 e. The van der Waals surface area contributed by atoms with E-state index in [1.807, 2.05) is 66.9 Å². The minimum absolute atomic E-state index is 0.148. The van der Waals surface area contributed by atoms with Gasteiger partial charge in [0.15, 0.2) is 16.6 Å². The van der Waals surface area contributed by atoms with E-state index in [0.29, 0.717) is 27.9 Å². The number of nitrogens with one attached hydrogen (secondary N) is 2. The number of thiazole rings is 1. The van der Waals surface area contributed by atoms with Crippen LogP contribution in [0.4, 0.5) is 10.8 Å². The van der Waals surface area contributed by atoms with Crippen molar-refractivity contribution in [1.82, 2.24) is 4.98 Å². The van der Waals surface area contributed by atoms with Crippen molar-refractivity contribution in [2.45, 2.75) is 11.8 Å². The zero-order valence-electron chi connectivity index (χ0n) is 20.0. The molecule has 0 aliphatic heterocycles. The minimum Gasteiger partial charge on any atom is -0.493 e. The third kappa shape index (κ3) is 6.44. The van der Waals surface area contributed by atoms with E-state index in [1.165, 1.54) is 23.1 Å². The van der Waals surface area contributed by atoms with Gasteiger partial charge in [-0.1, -0.05) is 17.7 Å². The first-order chi connectivity index (χ1) is 17.4. The molecule has 0 unspecified atom stereocenters. The zero-order valence-corrected chi connectivity index (χ0v) is 21.7. The fourth-order valence-electron chi connectivity index (χ4n) is 3.31. The lowest BCUT2D eigenvalue weighted by molar-refractivity contribution is -0.113. The van der Waals surface area contributed by atoms with E-state index < -0.39 is 0 Å². The van der Waals surface area contributed by atoms with E-state index in [-0.39, 0.29) is 17.6 Å². The minimum atomic E-state index is -0.161. The molecule has 3 aromatic carbocycles. The number of methoxy groups -OCH3 is 2. The Morgan fingerprint density at radius 3 is 2.33 bits per heavy atom. The van der Waals surface area contributed by atoms with Gasteiger partial charge in [-0.15, -0.1) is 23.1 Å². The van der Waals surface area contributed by atoms with Gasteiger partial charge < -0.3 is 20.1 Å². The summed E-state index contributed by atoms with van der Waals surface area (Å²) in [4.78, 5) is 30.3. The predicted molar refractivity (Wildman–Crippen MR) is 146 cm³/mol. The number of rotatable bonds is 9. The van der Waals surface area contributed by atoms with E-state index in [1.54, 1.807) is 26.4 Å². The molecular weight excluding hydrogens is 494 g/mol. The molecule has 0 saturated heterocycles. The average molecular weight is 520 g/mol. The molecule has 9 heteroatoms. The molecule has 0 saturated carbocycles. The molecule has 4 rings (SSSR count). The summed E-state index contributed by atoms with van der Waals surface area (Å²) in [6.45, 7) is 1.98. The number of ether oxygens (including phenoxy) is 2. The fraction of sp³-hybridized carbons (Fsp3) is 0.148. The Kier molecular flexibility index (Phi) is 8.24. The lowest BCUT2D eigenvalue weighted by Gasteiger charge is -2.08. The highest BCUT2D eigenvalue weighted by atomic mass is 32.2. The van der Waals surface area contributed by atoms with Gasteiger partial charge in [-0.2, -0.15) is 0 Å². The molecule has 1 heterocycles. The molecule has 0 spiro atoms. The third-order valence-corrected chi connectivity index (χ3v) is 7.00. The van der Waals surface area contributed by atoms with Crippen molar-refractivity contribution >= 4 is 45.7 Å². The highest BCUT2D eigenvalue weighted by Gasteiger charge is 2.12. The maximum absolute atomic E-state index is 12.4. The second kappa shape index (κ2) is 11.7. The van der Waals surface area contributed by atoms with Gasteiger partial charge in [-0.05, 0) is 61.5 Å². The van der Waals surface area contributed by atoms with Crippen LogP contribution in [0, 0.1) is 6.92 Å². The number of hydrogen-bond donors (Lipinski definition) is 2. The lowest BCUT2D eigenvalue weighted by Crippen LogP contribution is -2.13. The van der Waals surface area contributed by atoms with Crippen molar-refractivity contribution < 1.29 is 19.1 Å². The zero-order chi connectivity index (χ0) is 25.5. The molecule has 0 fully saturated rings. The molecule has 0 radical (unpaired) electrons. The largest absolute Gasteiger partial charge is 0.493 e. The Balaban J connectivity index is 1.28. The highest BCUT2D eigenvalue weighted by molar-refractivity contribution is 8.00. The van der Waals surface area contributed by atoms with Gasteiger partial charge in [0, 0.05) is 27.1 Å². The Labute approximate surface area is 217 Å². The summed E-state index contributed by atoms with van der Waals surface area (Å²) in [5.74, 6) is 1.19. The normalized spacial score (nSPS) is 10.5. The van der Waals surface area contributed by atoms with E-state index in [9.17, 15) is 9.59 Å². The Bertz CT molecular complexity index is 1350. The summed E-state index contributed by atoms with van der Waals surface area (Å²) in [5, 5.41) is 8.14. The van der Waals surface area contributed by atoms with Crippen LogP contribution in [-0.4, -0.2) is 36.8 Å². The maximum atomic E-state index is 12.4. The number of anilines is 2. The van der Waals surface area contributed by atoms with Gasteiger partial charge >= 0.3 is 0 Å². The number of aryl methyl sites for hydroxylation is 1. The Hall–Kier alpha value is -3.82. The van der Waals surface area contributed by atoms with Crippen LogP contribution in [0.3, 0.4) is 0 Å². The van der Waals surface area contributed by atoms with Gasteiger partial charge in [-0.3, -0.25) is 9.59 Å². The maximum Gasteiger partial charge on any atom is 0.255 e.